The number of thioether (sulfide) groups is 1. The van der Waals surface area contributed by atoms with E-state index in [0.717, 1.165) is 27.1 Å². The second kappa shape index (κ2) is 7.32. The van der Waals surface area contributed by atoms with Gasteiger partial charge in [-0.1, -0.05) is 18.2 Å². The van der Waals surface area contributed by atoms with Crippen LogP contribution in [0.5, 0.6) is 5.75 Å². The number of rotatable bonds is 4. The summed E-state index contributed by atoms with van der Waals surface area (Å²) in [6, 6.07) is 10.9. The number of alkyl halides is 3. The van der Waals surface area contributed by atoms with Gasteiger partial charge in [0, 0.05) is 21.1 Å². The highest BCUT2D eigenvalue weighted by atomic mass is 32.2. The van der Waals surface area contributed by atoms with Crippen LogP contribution >= 0.6 is 23.1 Å². The maximum Gasteiger partial charge on any atom is 0.417 e. The summed E-state index contributed by atoms with van der Waals surface area (Å²) in [5.74, 6) is 0.858. The fourth-order valence-electron chi connectivity index (χ4n) is 2.46. The van der Waals surface area contributed by atoms with Crippen LogP contribution in [0.25, 0.3) is 10.6 Å². The minimum absolute atomic E-state index is 0.116. The molecule has 1 heterocycles. The number of nitrogens with zero attached hydrogens (tertiary/aromatic N) is 1. The Bertz CT molecular complexity index is 935. The Kier molecular flexibility index (Phi) is 5.29. The molecule has 0 unspecified atom stereocenters. The van der Waals surface area contributed by atoms with E-state index in [4.69, 9.17) is 0 Å². The lowest BCUT2D eigenvalue weighted by atomic mass is 10.1. The molecular formula is C19H16F3NOS2. The molecule has 2 nitrogen and oxygen atoms in total. The molecule has 0 atom stereocenters. The molecule has 2 aromatic carbocycles. The summed E-state index contributed by atoms with van der Waals surface area (Å²) in [4.78, 5) is 6.29. The number of aryl methyl sites for hydroxylation is 2. The summed E-state index contributed by atoms with van der Waals surface area (Å²) in [6.45, 7) is 3.64. The van der Waals surface area contributed by atoms with Gasteiger partial charge in [-0.3, -0.25) is 0 Å². The molecule has 0 aliphatic rings. The quantitative estimate of drug-likeness (QED) is 0.516. The van der Waals surface area contributed by atoms with E-state index in [9.17, 15) is 18.3 Å². The molecule has 3 rings (SSSR count). The monoisotopic (exact) mass is 395 g/mol. The number of hydrogen-bond donors (Lipinski definition) is 1. The average Bonchev–Trinajstić information content (AvgIpc) is 2.96. The van der Waals surface area contributed by atoms with Crippen molar-refractivity contribution in [1.82, 2.24) is 4.98 Å². The minimum atomic E-state index is -4.41. The predicted octanol–water partition coefficient (Wildman–Crippen LogP) is 6.44. The Morgan fingerprint density at radius 3 is 2.54 bits per heavy atom. The summed E-state index contributed by atoms with van der Waals surface area (Å²) < 4.78 is 39.7. The van der Waals surface area contributed by atoms with Crippen molar-refractivity contribution in [3.05, 3.63) is 64.2 Å². The Balaban J connectivity index is 1.85. The number of benzene rings is 2. The van der Waals surface area contributed by atoms with E-state index < -0.39 is 11.7 Å². The molecule has 0 bridgehead atoms. The Morgan fingerprint density at radius 2 is 1.85 bits per heavy atom. The van der Waals surface area contributed by atoms with Crippen molar-refractivity contribution in [2.24, 2.45) is 0 Å². The molecule has 0 amide bonds. The Hall–Kier alpha value is -1.99. The molecule has 1 N–H and O–H groups in total. The zero-order chi connectivity index (χ0) is 18.9. The average molecular weight is 395 g/mol. The van der Waals surface area contributed by atoms with E-state index in [-0.39, 0.29) is 11.3 Å². The Morgan fingerprint density at radius 1 is 1.12 bits per heavy atom. The van der Waals surface area contributed by atoms with Crippen LogP contribution in [0, 0.1) is 13.8 Å². The largest absolute Gasteiger partial charge is 0.508 e. The van der Waals surface area contributed by atoms with Crippen molar-refractivity contribution in [3.63, 3.8) is 0 Å². The molecule has 0 fully saturated rings. The van der Waals surface area contributed by atoms with Crippen LogP contribution in [-0.2, 0) is 11.9 Å². The van der Waals surface area contributed by atoms with Crippen LogP contribution in [0.4, 0.5) is 13.2 Å². The highest BCUT2D eigenvalue weighted by Gasteiger charge is 2.34. The Labute approximate surface area is 157 Å². The van der Waals surface area contributed by atoms with E-state index in [0.29, 0.717) is 10.8 Å². The third-order valence-corrected chi connectivity index (χ3v) is 6.29. The van der Waals surface area contributed by atoms with Crippen molar-refractivity contribution >= 4 is 23.1 Å². The van der Waals surface area contributed by atoms with Gasteiger partial charge in [-0.25, -0.2) is 4.98 Å². The second-order valence-corrected chi connectivity index (χ2v) is 7.94. The van der Waals surface area contributed by atoms with Gasteiger partial charge in [-0.05, 0) is 43.7 Å². The molecule has 0 aliphatic heterocycles. The van der Waals surface area contributed by atoms with Crippen molar-refractivity contribution in [2.45, 2.75) is 30.7 Å². The van der Waals surface area contributed by atoms with Crippen molar-refractivity contribution < 1.29 is 18.3 Å². The lowest BCUT2D eigenvalue weighted by Crippen LogP contribution is -2.06. The van der Waals surface area contributed by atoms with Gasteiger partial charge >= 0.3 is 6.18 Å². The van der Waals surface area contributed by atoms with Crippen LogP contribution < -0.4 is 0 Å². The molecular weight excluding hydrogens is 379 g/mol. The summed E-state index contributed by atoms with van der Waals surface area (Å²) in [5.41, 5.74) is 0.979. The molecule has 0 saturated carbocycles. The van der Waals surface area contributed by atoms with E-state index in [2.05, 4.69) is 4.98 Å². The van der Waals surface area contributed by atoms with Gasteiger partial charge in [0.2, 0.25) is 0 Å². The number of hydrogen-bond acceptors (Lipinski definition) is 4. The van der Waals surface area contributed by atoms with Crippen LogP contribution in [0.1, 0.15) is 21.7 Å². The normalized spacial score (nSPS) is 11.7. The molecule has 0 aliphatic carbocycles. The third kappa shape index (κ3) is 4.04. The lowest BCUT2D eigenvalue weighted by molar-refractivity contribution is -0.137. The van der Waals surface area contributed by atoms with Crippen molar-refractivity contribution in [2.75, 3.05) is 0 Å². The van der Waals surface area contributed by atoms with Crippen LogP contribution in [0.15, 0.2) is 47.4 Å². The number of aromatic hydroxyl groups is 1. The summed E-state index contributed by atoms with van der Waals surface area (Å²) >= 11 is 2.85. The van der Waals surface area contributed by atoms with Crippen molar-refractivity contribution in [1.29, 1.82) is 0 Å². The van der Waals surface area contributed by atoms with Crippen LogP contribution in [0.3, 0.4) is 0 Å². The van der Waals surface area contributed by atoms with Gasteiger partial charge in [0.25, 0.3) is 0 Å². The number of phenols is 1. The zero-order valence-electron chi connectivity index (χ0n) is 14.1. The first-order valence-electron chi connectivity index (χ1n) is 7.81. The van der Waals surface area contributed by atoms with E-state index in [1.165, 1.54) is 23.5 Å². The first-order valence-corrected chi connectivity index (χ1v) is 9.61. The molecule has 136 valence electrons. The maximum atomic E-state index is 13.2. The van der Waals surface area contributed by atoms with Gasteiger partial charge in [0.15, 0.2) is 0 Å². The van der Waals surface area contributed by atoms with E-state index in [1.807, 2.05) is 26.0 Å². The SMILES string of the molecule is Cc1cc(SCc2sc(-c3ccccc3C(F)(F)F)nc2C)ccc1O. The zero-order valence-corrected chi connectivity index (χ0v) is 15.7. The molecule has 1 aromatic heterocycles. The topological polar surface area (TPSA) is 33.1 Å². The fraction of sp³-hybridized carbons (Fsp3) is 0.211. The second-order valence-electron chi connectivity index (χ2n) is 5.81. The molecule has 3 aromatic rings. The number of thiazole rings is 1. The highest BCUT2D eigenvalue weighted by molar-refractivity contribution is 7.98. The number of aromatic nitrogens is 1. The first kappa shape index (κ1) is 18.8. The van der Waals surface area contributed by atoms with E-state index >= 15 is 0 Å². The number of halogens is 3. The van der Waals surface area contributed by atoms with Gasteiger partial charge in [0.1, 0.15) is 10.8 Å². The van der Waals surface area contributed by atoms with Crippen LogP contribution in [0.2, 0.25) is 0 Å². The molecule has 0 saturated heterocycles. The van der Waals surface area contributed by atoms with E-state index in [1.54, 1.807) is 23.9 Å². The predicted molar refractivity (Wildman–Crippen MR) is 99.7 cm³/mol. The maximum absolute atomic E-state index is 13.2. The van der Waals surface area contributed by atoms with Crippen LogP contribution in [-0.4, -0.2) is 10.1 Å². The standard InChI is InChI=1S/C19H16F3NOS2/c1-11-9-13(7-8-16(11)24)25-10-17-12(2)23-18(26-17)14-5-3-4-6-15(14)19(20,21)22/h3-9,24H,10H2,1-2H3. The number of phenolic OH excluding ortho intramolecular Hbond substituents is 1. The minimum Gasteiger partial charge on any atom is -0.508 e. The third-order valence-electron chi connectivity index (χ3n) is 3.89. The fourth-order valence-corrected chi connectivity index (χ4v) is 4.70. The van der Waals surface area contributed by atoms with Gasteiger partial charge < -0.3 is 5.11 Å². The smallest absolute Gasteiger partial charge is 0.417 e. The lowest BCUT2D eigenvalue weighted by Gasteiger charge is -2.10. The van der Waals surface area contributed by atoms with Gasteiger partial charge in [-0.2, -0.15) is 13.2 Å². The highest BCUT2D eigenvalue weighted by Crippen LogP contribution is 2.40. The van der Waals surface area contributed by atoms with Gasteiger partial charge in [0.05, 0.1) is 11.3 Å². The molecule has 7 heteroatoms. The first-order chi connectivity index (χ1) is 12.3. The molecule has 26 heavy (non-hydrogen) atoms. The summed E-state index contributed by atoms with van der Waals surface area (Å²) in [6.07, 6.45) is -4.41. The summed E-state index contributed by atoms with van der Waals surface area (Å²) in [7, 11) is 0. The molecule has 0 spiro atoms. The molecule has 0 radical (unpaired) electrons. The van der Waals surface area contributed by atoms with Gasteiger partial charge in [-0.15, -0.1) is 23.1 Å². The summed E-state index contributed by atoms with van der Waals surface area (Å²) in [5, 5.41) is 9.97. The van der Waals surface area contributed by atoms with Crippen molar-refractivity contribution in [3.8, 4) is 16.3 Å².